The van der Waals surface area contributed by atoms with Gasteiger partial charge in [0.1, 0.15) is 5.84 Å². The Labute approximate surface area is 127 Å². The zero-order valence-corrected chi connectivity index (χ0v) is 12.8. The first-order valence-electron chi connectivity index (χ1n) is 7.99. The van der Waals surface area contributed by atoms with E-state index in [1.165, 1.54) is 11.1 Å². The summed E-state index contributed by atoms with van der Waals surface area (Å²) >= 11 is 0. The number of nitrogens with zero attached hydrogens (tertiary/aromatic N) is 2. The number of hydrogen-bond acceptors (Lipinski definition) is 4. The maximum atomic E-state index is 6.03. The van der Waals surface area contributed by atoms with Gasteiger partial charge in [0.2, 0.25) is 0 Å². The Morgan fingerprint density at radius 1 is 1.24 bits per heavy atom. The molecule has 0 aliphatic carbocycles. The molecule has 0 aromatic heterocycles. The van der Waals surface area contributed by atoms with Crippen LogP contribution in [0.15, 0.2) is 29.3 Å². The quantitative estimate of drug-likeness (QED) is 0.921. The summed E-state index contributed by atoms with van der Waals surface area (Å²) in [5.74, 6) is 1.03. The number of nitrogens with one attached hydrogen (secondary N) is 1. The first-order chi connectivity index (χ1) is 10.3. The first kappa shape index (κ1) is 14.5. The van der Waals surface area contributed by atoms with Crippen molar-refractivity contribution in [3.05, 3.63) is 35.4 Å². The van der Waals surface area contributed by atoms with Crippen molar-refractivity contribution in [2.75, 3.05) is 33.2 Å². The Morgan fingerprint density at radius 2 is 2.00 bits per heavy atom. The minimum absolute atomic E-state index is 0.422. The highest BCUT2D eigenvalue weighted by Crippen LogP contribution is 2.15. The predicted molar refractivity (Wildman–Crippen MR) is 85.8 cm³/mol. The third-order valence-electron chi connectivity index (χ3n) is 4.28. The van der Waals surface area contributed by atoms with E-state index < -0.39 is 0 Å². The SMILES string of the molecule is CN1CCC(OCc2ccc(C3=NCCCN3)cc2)CC1. The van der Waals surface area contributed by atoms with E-state index in [0.717, 1.165) is 51.3 Å². The third-order valence-corrected chi connectivity index (χ3v) is 4.28. The summed E-state index contributed by atoms with van der Waals surface area (Å²) in [6, 6.07) is 8.60. The van der Waals surface area contributed by atoms with Crippen LogP contribution in [0.1, 0.15) is 30.4 Å². The predicted octanol–water partition coefficient (Wildman–Crippen LogP) is 2.04. The summed E-state index contributed by atoms with van der Waals surface area (Å²) in [5, 5.41) is 3.36. The molecule has 4 heteroatoms. The molecule has 1 fully saturated rings. The Kier molecular flexibility index (Phi) is 4.88. The summed E-state index contributed by atoms with van der Waals surface area (Å²) in [6.45, 7) is 4.97. The number of likely N-dealkylation sites (tertiary alicyclic amines) is 1. The second kappa shape index (κ2) is 7.05. The van der Waals surface area contributed by atoms with Crippen LogP contribution in [0.3, 0.4) is 0 Å². The minimum atomic E-state index is 0.422. The Balaban J connectivity index is 1.51. The molecule has 0 unspecified atom stereocenters. The molecule has 2 heterocycles. The van der Waals surface area contributed by atoms with Gasteiger partial charge in [-0.25, -0.2) is 0 Å². The van der Waals surface area contributed by atoms with Crippen molar-refractivity contribution < 1.29 is 4.74 Å². The lowest BCUT2D eigenvalue weighted by Gasteiger charge is -2.28. The van der Waals surface area contributed by atoms with Gasteiger partial charge in [-0.1, -0.05) is 24.3 Å². The molecule has 1 saturated heterocycles. The summed E-state index contributed by atoms with van der Waals surface area (Å²) in [4.78, 5) is 6.89. The van der Waals surface area contributed by atoms with Crippen LogP contribution >= 0.6 is 0 Å². The van der Waals surface area contributed by atoms with Crippen LogP contribution in [0, 0.1) is 0 Å². The highest BCUT2D eigenvalue weighted by molar-refractivity contribution is 5.99. The average Bonchev–Trinajstić information content (AvgIpc) is 2.56. The van der Waals surface area contributed by atoms with E-state index in [0.29, 0.717) is 12.7 Å². The van der Waals surface area contributed by atoms with Crippen molar-refractivity contribution in [3.8, 4) is 0 Å². The van der Waals surface area contributed by atoms with Gasteiger partial charge in [0.15, 0.2) is 0 Å². The fraction of sp³-hybridized carbons (Fsp3) is 0.588. The van der Waals surface area contributed by atoms with Crippen molar-refractivity contribution in [3.63, 3.8) is 0 Å². The molecule has 1 aromatic carbocycles. The van der Waals surface area contributed by atoms with Crippen molar-refractivity contribution in [2.45, 2.75) is 32.0 Å². The maximum absolute atomic E-state index is 6.03. The molecular formula is C17H25N3O. The molecule has 114 valence electrons. The van der Waals surface area contributed by atoms with Crippen molar-refractivity contribution in [1.82, 2.24) is 10.2 Å². The molecule has 4 nitrogen and oxygen atoms in total. The minimum Gasteiger partial charge on any atom is -0.373 e. The lowest BCUT2D eigenvalue weighted by molar-refractivity contribution is 0.00214. The molecule has 2 aliphatic heterocycles. The summed E-state index contributed by atoms with van der Waals surface area (Å²) in [7, 11) is 2.18. The van der Waals surface area contributed by atoms with Gasteiger partial charge in [0.25, 0.3) is 0 Å². The molecule has 1 N–H and O–H groups in total. The second-order valence-electron chi connectivity index (χ2n) is 6.02. The normalized spacial score (nSPS) is 20.9. The van der Waals surface area contributed by atoms with Crippen LogP contribution in [0.5, 0.6) is 0 Å². The summed E-state index contributed by atoms with van der Waals surface area (Å²) in [5.41, 5.74) is 2.42. The molecule has 0 bridgehead atoms. The van der Waals surface area contributed by atoms with E-state index >= 15 is 0 Å². The maximum Gasteiger partial charge on any atom is 0.128 e. The summed E-state index contributed by atoms with van der Waals surface area (Å²) in [6.07, 6.45) is 3.85. The first-order valence-corrected chi connectivity index (χ1v) is 7.99. The van der Waals surface area contributed by atoms with Crippen molar-refractivity contribution in [1.29, 1.82) is 0 Å². The number of ether oxygens (including phenoxy) is 1. The third kappa shape index (κ3) is 4.05. The van der Waals surface area contributed by atoms with Crippen LogP contribution in [0.4, 0.5) is 0 Å². The highest BCUT2D eigenvalue weighted by atomic mass is 16.5. The van der Waals surface area contributed by atoms with E-state index in [1.807, 2.05) is 0 Å². The van der Waals surface area contributed by atoms with Crippen LogP contribution in [-0.2, 0) is 11.3 Å². The molecule has 2 aliphatic rings. The van der Waals surface area contributed by atoms with Gasteiger partial charge in [-0.3, -0.25) is 4.99 Å². The van der Waals surface area contributed by atoms with Gasteiger partial charge in [-0.2, -0.15) is 0 Å². The Bertz CT molecular complexity index is 475. The number of amidine groups is 1. The Hall–Kier alpha value is -1.39. The van der Waals surface area contributed by atoms with E-state index in [4.69, 9.17) is 4.74 Å². The molecule has 0 atom stereocenters. The number of hydrogen-bond donors (Lipinski definition) is 1. The molecule has 0 spiro atoms. The topological polar surface area (TPSA) is 36.9 Å². The lowest BCUT2D eigenvalue weighted by Crippen LogP contribution is -2.34. The second-order valence-corrected chi connectivity index (χ2v) is 6.02. The number of rotatable bonds is 4. The number of piperidine rings is 1. The van der Waals surface area contributed by atoms with Crippen LogP contribution in [0.25, 0.3) is 0 Å². The van der Waals surface area contributed by atoms with E-state index in [-0.39, 0.29) is 0 Å². The van der Waals surface area contributed by atoms with Gasteiger partial charge in [-0.15, -0.1) is 0 Å². The van der Waals surface area contributed by atoms with Crippen molar-refractivity contribution in [2.24, 2.45) is 4.99 Å². The molecule has 1 aromatic rings. The smallest absolute Gasteiger partial charge is 0.128 e. The average molecular weight is 287 g/mol. The van der Waals surface area contributed by atoms with E-state index in [1.54, 1.807) is 0 Å². The lowest BCUT2D eigenvalue weighted by atomic mass is 10.1. The van der Waals surface area contributed by atoms with Gasteiger partial charge in [-0.05, 0) is 31.9 Å². The number of aliphatic imine (C=N–C) groups is 1. The molecular weight excluding hydrogens is 262 g/mol. The number of benzene rings is 1. The zero-order chi connectivity index (χ0) is 14.5. The molecule has 0 radical (unpaired) electrons. The van der Waals surface area contributed by atoms with Gasteiger partial charge in [0.05, 0.1) is 12.7 Å². The van der Waals surface area contributed by atoms with Gasteiger partial charge >= 0.3 is 0 Å². The summed E-state index contributed by atoms with van der Waals surface area (Å²) < 4.78 is 6.03. The standard InChI is InChI=1S/C17H25N3O/c1-20-11-7-16(8-12-20)21-13-14-3-5-15(6-4-14)17-18-9-2-10-19-17/h3-6,16H,2,7-13H2,1H3,(H,18,19). The van der Waals surface area contributed by atoms with Crippen LogP contribution in [0.2, 0.25) is 0 Å². The molecule has 0 saturated carbocycles. The molecule has 0 amide bonds. The molecule has 21 heavy (non-hydrogen) atoms. The van der Waals surface area contributed by atoms with Crippen LogP contribution in [-0.4, -0.2) is 50.1 Å². The van der Waals surface area contributed by atoms with E-state index in [2.05, 4.69) is 46.5 Å². The van der Waals surface area contributed by atoms with E-state index in [9.17, 15) is 0 Å². The van der Waals surface area contributed by atoms with Crippen molar-refractivity contribution >= 4 is 5.84 Å². The van der Waals surface area contributed by atoms with Crippen LogP contribution < -0.4 is 5.32 Å². The fourth-order valence-electron chi connectivity index (χ4n) is 2.85. The zero-order valence-electron chi connectivity index (χ0n) is 12.8. The largest absolute Gasteiger partial charge is 0.373 e. The highest BCUT2D eigenvalue weighted by Gasteiger charge is 2.16. The van der Waals surface area contributed by atoms with Gasteiger partial charge in [0, 0.05) is 31.7 Å². The van der Waals surface area contributed by atoms with Gasteiger partial charge < -0.3 is 15.0 Å². The monoisotopic (exact) mass is 287 g/mol. The Morgan fingerprint density at radius 3 is 2.67 bits per heavy atom. The fourth-order valence-corrected chi connectivity index (χ4v) is 2.85. The molecule has 3 rings (SSSR count).